The van der Waals surface area contributed by atoms with Crippen LogP contribution in [-0.4, -0.2) is 31.6 Å². The Kier molecular flexibility index (Phi) is 6.38. The second kappa shape index (κ2) is 8.76. The summed E-state index contributed by atoms with van der Waals surface area (Å²) in [5.74, 6) is 1.68. The highest BCUT2D eigenvalue weighted by Gasteiger charge is 2.16. The number of hydrogen-bond acceptors (Lipinski definition) is 6. The van der Waals surface area contributed by atoms with Gasteiger partial charge in [-0.2, -0.15) is 0 Å². The molecule has 10 heteroatoms. The molecule has 0 saturated heterocycles. The molecule has 0 saturated carbocycles. The van der Waals surface area contributed by atoms with Crippen LogP contribution in [0.15, 0.2) is 39.9 Å². The number of aryl methyl sites for hydroxylation is 2. The van der Waals surface area contributed by atoms with Gasteiger partial charge in [-0.15, -0.1) is 10.2 Å². The maximum atomic E-state index is 12.4. The average molecular weight is 436 g/mol. The van der Waals surface area contributed by atoms with Gasteiger partial charge in [-0.05, 0) is 55.6 Å². The maximum Gasteiger partial charge on any atom is 0.293 e. The number of hydrogen-bond donors (Lipinski definition) is 2. The van der Waals surface area contributed by atoms with Crippen molar-refractivity contribution in [1.29, 1.82) is 0 Å². The highest BCUT2D eigenvalue weighted by molar-refractivity contribution is 7.99. The second-order valence-electron chi connectivity index (χ2n) is 5.82. The van der Waals surface area contributed by atoms with Gasteiger partial charge >= 0.3 is 0 Å². The summed E-state index contributed by atoms with van der Waals surface area (Å²) in [5.41, 5.74) is 4.67. The smallest absolute Gasteiger partial charge is 0.293 e. The van der Waals surface area contributed by atoms with Crippen molar-refractivity contribution < 1.29 is 9.21 Å². The van der Waals surface area contributed by atoms with Crippen LogP contribution in [0, 0.1) is 13.8 Å². The summed E-state index contributed by atoms with van der Waals surface area (Å²) in [6.07, 6.45) is 0. The number of amides is 1. The molecule has 0 unspecified atom stereocenters. The number of nitrogens with one attached hydrogen (secondary N) is 2. The first-order valence-electron chi connectivity index (χ1n) is 8.42. The minimum absolute atomic E-state index is 0.113. The first-order valence-corrected chi connectivity index (χ1v) is 10.2. The first kappa shape index (κ1) is 20.4. The maximum absolute atomic E-state index is 12.4. The van der Waals surface area contributed by atoms with Gasteiger partial charge in [0, 0.05) is 10.6 Å². The Morgan fingerprint density at radius 3 is 2.79 bits per heavy atom. The predicted octanol–water partition coefficient (Wildman–Crippen LogP) is 4.18. The molecule has 0 aliphatic rings. The Bertz CT molecular complexity index is 1030. The molecule has 7 nitrogen and oxygen atoms in total. The Balaban J connectivity index is 1.68. The second-order valence-corrected chi connectivity index (χ2v) is 7.87. The van der Waals surface area contributed by atoms with E-state index in [4.69, 9.17) is 28.2 Å². The molecule has 0 radical (unpaired) electrons. The van der Waals surface area contributed by atoms with E-state index >= 15 is 0 Å². The molecule has 1 amide bonds. The Labute approximate surface area is 176 Å². The molecular formula is C18H18ClN5O2S2. The van der Waals surface area contributed by atoms with Crippen molar-refractivity contribution in [3.63, 3.8) is 0 Å². The van der Waals surface area contributed by atoms with Crippen molar-refractivity contribution in [1.82, 2.24) is 20.2 Å². The summed E-state index contributed by atoms with van der Waals surface area (Å²) in [5, 5.41) is 12.1. The van der Waals surface area contributed by atoms with Crippen molar-refractivity contribution in [3.8, 4) is 11.3 Å². The fourth-order valence-electron chi connectivity index (χ4n) is 2.35. The number of nitrogens with zero attached hydrogens (tertiary/aromatic N) is 3. The van der Waals surface area contributed by atoms with Crippen LogP contribution in [0.4, 0.5) is 0 Å². The van der Waals surface area contributed by atoms with Crippen molar-refractivity contribution in [2.45, 2.75) is 25.9 Å². The molecular weight excluding hydrogens is 418 g/mol. The van der Waals surface area contributed by atoms with Gasteiger partial charge in [-0.3, -0.25) is 15.5 Å². The van der Waals surface area contributed by atoms with Crippen LogP contribution >= 0.6 is 35.6 Å². The van der Waals surface area contributed by atoms with Crippen LogP contribution in [-0.2, 0) is 0 Å². The predicted molar refractivity (Wildman–Crippen MR) is 114 cm³/mol. The lowest BCUT2D eigenvalue weighted by molar-refractivity contribution is 0.0951. The van der Waals surface area contributed by atoms with E-state index in [9.17, 15) is 4.79 Å². The Morgan fingerprint density at radius 2 is 2.07 bits per heavy atom. The van der Waals surface area contributed by atoms with Crippen molar-refractivity contribution in [2.75, 3.05) is 11.2 Å². The number of halogens is 1. The van der Waals surface area contributed by atoms with Crippen LogP contribution in [0.1, 0.15) is 28.9 Å². The molecule has 3 rings (SSSR count). The normalized spacial score (nSPS) is 10.7. The minimum atomic E-state index is -0.461. The van der Waals surface area contributed by atoms with E-state index in [1.165, 1.54) is 11.8 Å². The topological polar surface area (TPSA) is 85.0 Å². The molecule has 2 aromatic heterocycles. The Morgan fingerprint density at radius 1 is 1.29 bits per heavy atom. The molecule has 0 aliphatic carbocycles. The first-order chi connectivity index (χ1) is 13.4. The zero-order valence-corrected chi connectivity index (χ0v) is 17.8. The average Bonchev–Trinajstić information content (AvgIpc) is 3.27. The molecule has 2 N–H and O–H groups in total. The molecule has 0 fully saturated rings. The number of aromatic nitrogens is 3. The fourth-order valence-corrected chi connectivity index (χ4v) is 3.38. The molecule has 1 aromatic carbocycles. The van der Waals surface area contributed by atoms with Gasteiger partial charge in [0.1, 0.15) is 11.6 Å². The monoisotopic (exact) mass is 435 g/mol. The third-order valence-electron chi connectivity index (χ3n) is 3.80. The van der Waals surface area contributed by atoms with Crippen LogP contribution in [0.3, 0.4) is 0 Å². The van der Waals surface area contributed by atoms with Gasteiger partial charge < -0.3 is 4.42 Å². The molecule has 28 heavy (non-hydrogen) atoms. The zero-order chi connectivity index (χ0) is 20.3. The lowest BCUT2D eigenvalue weighted by atomic mass is 10.1. The van der Waals surface area contributed by atoms with Crippen molar-refractivity contribution in [3.05, 3.63) is 52.5 Å². The number of rotatable bonds is 5. The molecule has 3 aromatic rings. The number of thiocarbonyl (C=S) groups is 1. The van der Waals surface area contributed by atoms with E-state index in [1.807, 2.05) is 26.0 Å². The van der Waals surface area contributed by atoms with Crippen LogP contribution in [0.5, 0.6) is 0 Å². The molecule has 146 valence electrons. The van der Waals surface area contributed by atoms with Crippen LogP contribution in [0.2, 0.25) is 5.02 Å². The number of furan rings is 1. The van der Waals surface area contributed by atoms with E-state index in [0.29, 0.717) is 21.8 Å². The summed E-state index contributed by atoms with van der Waals surface area (Å²) in [4.78, 5) is 12.4. The van der Waals surface area contributed by atoms with Crippen LogP contribution in [0.25, 0.3) is 11.3 Å². The van der Waals surface area contributed by atoms with Gasteiger partial charge in [-0.1, -0.05) is 42.4 Å². The van der Waals surface area contributed by atoms with E-state index < -0.39 is 5.91 Å². The molecule has 0 aliphatic heterocycles. The molecule has 0 bridgehead atoms. The summed E-state index contributed by atoms with van der Waals surface area (Å²) in [6, 6.07) is 8.88. The number of carbonyl (C=O) groups is 1. The number of thioether (sulfide) groups is 1. The van der Waals surface area contributed by atoms with E-state index in [-0.39, 0.29) is 10.9 Å². The van der Waals surface area contributed by atoms with E-state index in [1.54, 1.807) is 29.8 Å². The van der Waals surface area contributed by atoms with E-state index in [0.717, 1.165) is 16.9 Å². The largest absolute Gasteiger partial charge is 0.451 e. The van der Waals surface area contributed by atoms with Gasteiger partial charge in [0.15, 0.2) is 10.9 Å². The standard InChI is InChI=1S/C18H18ClN5O2S2/c1-4-28-18-22-21-11(3)24(18)23-17(27)20-16(25)15-8-7-14(26-15)12-6-5-10(2)13(19)9-12/h5-9H,4H2,1-3H3,(H2,20,23,25,27). The molecule has 0 atom stereocenters. The highest BCUT2D eigenvalue weighted by atomic mass is 35.5. The minimum Gasteiger partial charge on any atom is -0.451 e. The lowest BCUT2D eigenvalue weighted by Gasteiger charge is -2.12. The van der Waals surface area contributed by atoms with Crippen LogP contribution < -0.4 is 10.7 Å². The highest BCUT2D eigenvalue weighted by Crippen LogP contribution is 2.27. The third kappa shape index (κ3) is 4.54. The fraction of sp³-hybridized carbons (Fsp3) is 0.222. The van der Waals surface area contributed by atoms with Gasteiger partial charge in [0.2, 0.25) is 5.16 Å². The third-order valence-corrected chi connectivity index (χ3v) is 5.21. The van der Waals surface area contributed by atoms with Gasteiger partial charge in [0.25, 0.3) is 5.91 Å². The Hall–Kier alpha value is -2.36. The molecule has 0 spiro atoms. The SMILES string of the molecule is CCSc1nnc(C)n1NC(=S)NC(=O)c1ccc(-c2ccc(C)c(Cl)c2)o1. The summed E-state index contributed by atoms with van der Waals surface area (Å²) in [7, 11) is 0. The van der Waals surface area contributed by atoms with E-state index in [2.05, 4.69) is 20.9 Å². The summed E-state index contributed by atoms with van der Waals surface area (Å²) in [6.45, 7) is 5.72. The molecule has 2 heterocycles. The number of carbonyl (C=O) groups excluding carboxylic acids is 1. The summed E-state index contributed by atoms with van der Waals surface area (Å²) < 4.78 is 7.28. The van der Waals surface area contributed by atoms with Gasteiger partial charge in [-0.25, -0.2) is 4.68 Å². The number of benzene rings is 1. The summed E-state index contributed by atoms with van der Waals surface area (Å²) >= 11 is 12.9. The van der Waals surface area contributed by atoms with Crippen molar-refractivity contribution >= 4 is 46.6 Å². The zero-order valence-electron chi connectivity index (χ0n) is 15.4. The lowest BCUT2D eigenvalue weighted by Crippen LogP contribution is -2.38. The van der Waals surface area contributed by atoms with Crippen molar-refractivity contribution in [2.24, 2.45) is 0 Å². The quantitative estimate of drug-likeness (QED) is 0.459. The van der Waals surface area contributed by atoms with Gasteiger partial charge in [0.05, 0.1) is 0 Å².